The number of hydrogen-bond donors (Lipinski definition) is 2. The number of halogens is 1. The highest BCUT2D eigenvalue weighted by Gasteiger charge is 2.23. The summed E-state index contributed by atoms with van der Waals surface area (Å²) >= 11 is 0. The van der Waals surface area contributed by atoms with Gasteiger partial charge in [0.15, 0.2) is 0 Å². The highest BCUT2D eigenvalue weighted by atomic mass is 19.1. The number of carbonyl (C=O) groups excluding carboxylic acids is 1. The summed E-state index contributed by atoms with van der Waals surface area (Å²) < 4.78 is 13.5. The van der Waals surface area contributed by atoms with Crippen molar-refractivity contribution < 1.29 is 19.1 Å². The van der Waals surface area contributed by atoms with E-state index in [2.05, 4.69) is 17.4 Å². The molecule has 1 aliphatic carbocycles. The normalized spacial score (nSPS) is 13.0. The first-order valence-corrected chi connectivity index (χ1v) is 12.1. The molecule has 0 radical (unpaired) electrons. The Labute approximate surface area is 208 Å². The number of hydrogen-bond acceptors (Lipinski definition) is 4. The van der Waals surface area contributed by atoms with E-state index in [0.29, 0.717) is 47.2 Å². The van der Waals surface area contributed by atoms with Gasteiger partial charge in [0.25, 0.3) is 5.91 Å². The average Bonchev–Trinajstić information content (AvgIpc) is 3.28. The van der Waals surface area contributed by atoms with Crippen LogP contribution in [-0.4, -0.2) is 33.0 Å². The lowest BCUT2D eigenvalue weighted by Crippen LogP contribution is -2.35. The van der Waals surface area contributed by atoms with Crippen molar-refractivity contribution in [2.75, 3.05) is 0 Å². The maximum Gasteiger partial charge on any atom is 0.303 e. The van der Waals surface area contributed by atoms with Crippen LogP contribution in [0.25, 0.3) is 22.3 Å². The second-order valence-electron chi connectivity index (χ2n) is 9.18. The first kappa shape index (κ1) is 23.6. The summed E-state index contributed by atoms with van der Waals surface area (Å²) in [6.45, 7) is 0. The van der Waals surface area contributed by atoms with E-state index in [-0.39, 0.29) is 24.2 Å². The molecule has 0 atom stereocenters. The molecule has 182 valence electrons. The van der Waals surface area contributed by atoms with E-state index < -0.39 is 5.97 Å². The molecule has 1 heterocycles. The number of aryl methyl sites for hydroxylation is 1. The van der Waals surface area contributed by atoms with Gasteiger partial charge in [-0.1, -0.05) is 24.3 Å². The molecule has 0 fully saturated rings. The Hall–Kier alpha value is -4.13. The lowest BCUT2D eigenvalue weighted by atomic mass is 10.0. The molecule has 2 N–H and O–H groups in total. The Morgan fingerprint density at radius 3 is 2.33 bits per heavy atom. The maximum atomic E-state index is 13.5. The van der Waals surface area contributed by atoms with Gasteiger partial charge in [0.2, 0.25) is 0 Å². The monoisotopic (exact) mass is 483 g/mol. The number of fused-ring (bicyclic) bond motifs is 2. The van der Waals surface area contributed by atoms with Crippen LogP contribution in [0, 0.1) is 5.82 Å². The lowest BCUT2D eigenvalue weighted by molar-refractivity contribution is -0.137. The predicted molar refractivity (Wildman–Crippen MR) is 135 cm³/mol. The summed E-state index contributed by atoms with van der Waals surface area (Å²) in [6.07, 6.45) is 3.39. The Bertz CT molecular complexity index is 1410. The van der Waals surface area contributed by atoms with Crippen molar-refractivity contribution in [3.8, 4) is 11.3 Å². The van der Waals surface area contributed by atoms with Crippen LogP contribution < -0.4 is 5.32 Å². The number of carboxylic acid groups (broad SMARTS) is 1. The van der Waals surface area contributed by atoms with E-state index in [4.69, 9.17) is 15.1 Å². The van der Waals surface area contributed by atoms with Crippen molar-refractivity contribution >= 4 is 22.9 Å². The SMILES string of the molecule is O=C(O)CCCCc1nc2cc(C(=O)NC3Cc4ccccc4C3)ccc2nc1-c1ccc(F)cc1. The van der Waals surface area contributed by atoms with Crippen molar-refractivity contribution in [1.29, 1.82) is 0 Å². The average molecular weight is 484 g/mol. The third kappa shape index (κ3) is 5.25. The summed E-state index contributed by atoms with van der Waals surface area (Å²) in [5.74, 6) is -1.32. The third-order valence-corrected chi connectivity index (χ3v) is 6.56. The van der Waals surface area contributed by atoms with Crippen LogP contribution in [-0.2, 0) is 24.1 Å². The first-order valence-electron chi connectivity index (χ1n) is 12.1. The van der Waals surface area contributed by atoms with Crippen molar-refractivity contribution in [2.24, 2.45) is 0 Å². The molecular weight excluding hydrogens is 457 g/mol. The number of unbranched alkanes of at least 4 members (excludes halogenated alkanes) is 1. The molecule has 0 bridgehead atoms. The van der Waals surface area contributed by atoms with Crippen molar-refractivity contribution in [3.63, 3.8) is 0 Å². The topological polar surface area (TPSA) is 92.2 Å². The second-order valence-corrected chi connectivity index (χ2v) is 9.18. The molecule has 1 aliphatic rings. The standard InChI is InChI=1S/C29H26FN3O3/c30-22-12-9-18(10-13-22)28-25(7-3-4-8-27(34)35)32-26-17-21(11-14-24(26)33-28)29(36)31-23-15-19-5-1-2-6-20(19)16-23/h1-2,5-6,9-14,17,23H,3-4,7-8,15-16H2,(H,31,36)(H,34,35). The molecule has 1 aromatic heterocycles. The minimum Gasteiger partial charge on any atom is -0.481 e. The van der Waals surface area contributed by atoms with E-state index in [1.165, 1.54) is 23.3 Å². The zero-order chi connectivity index (χ0) is 25.1. The molecule has 5 rings (SSSR count). The van der Waals surface area contributed by atoms with E-state index >= 15 is 0 Å². The van der Waals surface area contributed by atoms with Gasteiger partial charge >= 0.3 is 5.97 Å². The summed E-state index contributed by atoms with van der Waals surface area (Å²) in [6, 6.07) is 19.6. The Morgan fingerprint density at radius 1 is 0.917 bits per heavy atom. The van der Waals surface area contributed by atoms with E-state index in [1.807, 2.05) is 12.1 Å². The predicted octanol–water partition coefficient (Wildman–Crippen LogP) is 5.13. The molecule has 4 aromatic rings. The molecule has 36 heavy (non-hydrogen) atoms. The number of benzene rings is 3. The second kappa shape index (κ2) is 10.2. The molecule has 0 saturated heterocycles. The van der Waals surface area contributed by atoms with Crippen LogP contribution >= 0.6 is 0 Å². The van der Waals surface area contributed by atoms with Crippen LogP contribution in [0.5, 0.6) is 0 Å². The van der Waals surface area contributed by atoms with Crippen LogP contribution in [0.1, 0.15) is 46.4 Å². The lowest BCUT2D eigenvalue weighted by Gasteiger charge is -2.13. The highest BCUT2D eigenvalue weighted by molar-refractivity contribution is 5.97. The number of rotatable bonds is 8. The van der Waals surface area contributed by atoms with Gasteiger partial charge < -0.3 is 10.4 Å². The van der Waals surface area contributed by atoms with E-state index in [0.717, 1.165) is 18.4 Å². The van der Waals surface area contributed by atoms with Crippen LogP contribution in [0.2, 0.25) is 0 Å². The fourth-order valence-corrected chi connectivity index (χ4v) is 4.74. The summed E-state index contributed by atoms with van der Waals surface area (Å²) in [4.78, 5) is 33.5. The number of aliphatic carboxylic acids is 1. The highest BCUT2D eigenvalue weighted by Crippen LogP contribution is 2.26. The van der Waals surface area contributed by atoms with Gasteiger partial charge in [-0.2, -0.15) is 0 Å². The van der Waals surface area contributed by atoms with Crippen molar-refractivity contribution in [1.82, 2.24) is 15.3 Å². The molecule has 0 spiro atoms. The van der Waals surface area contributed by atoms with E-state index in [1.54, 1.807) is 30.3 Å². The molecule has 6 nitrogen and oxygen atoms in total. The molecule has 3 aromatic carbocycles. The van der Waals surface area contributed by atoms with Gasteiger partial charge in [0, 0.05) is 23.6 Å². The van der Waals surface area contributed by atoms with Gasteiger partial charge in [-0.05, 0) is 85.7 Å². The molecular formula is C29H26FN3O3. The number of aromatic nitrogens is 2. The van der Waals surface area contributed by atoms with Crippen molar-refractivity contribution in [3.05, 3.63) is 94.9 Å². The van der Waals surface area contributed by atoms with Gasteiger partial charge in [-0.25, -0.2) is 14.4 Å². The van der Waals surface area contributed by atoms with Gasteiger partial charge in [0.05, 0.1) is 22.4 Å². The third-order valence-electron chi connectivity index (χ3n) is 6.56. The summed E-state index contributed by atoms with van der Waals surface area (Å²) in [7, 11) is 0. The fourth-order valence-electron chi connectivity index (χ4n) is 4.74. The van der Waals surface area contributed by atoms with Crippen LogP contribution in [0.15, 0.2) is 66.7 Å². The smallest absolute Gasteiger partial charge is 0.303 e. The largest absolute Gasteiger partial charge is 0.481 e. The quantitative estimate of drug-likeness (QED) is 0.339. The van der Waals surface area contributed by atoms with Gasteiger partial charge in [-0.3, -0.25) is 9.59 Å². The van der Waals surface area contributed by atoms with Crippen molar-refractivity contribution in [2.45, 2.75) is 44.6 Å². The Balaban J connectivity index is 1.40. The Morgan fingerprint density at radius 2 is 1.64 bits per heavy atom. The number of carboxylic acids is 1. The molecule has 0 unspecified atom stereocenters. The minimum absolute atomic E-state index is 0.0577. The van der Waals surface area contributed by atoms with Crippen LogP contribution in [0.3, 0.4) is 0 Å². The van der Waals surface area contributed by atoms with E-state index in [9.17, 15) is 14.0 Å². The van der Waals surface area contributed by atoms with Gasteiger partial charge in [0.1, 0.15) is 5.82 Å². The summed E-state index contributed by atoms with van der Waals surface area (Å²) in [5.41, 5.74) is 6.36. The molecule has 0 saturated carbocycles. The van der Waals surface area contributed by atoms with Gasteiger partial charge in [-0.15, -0.1) is 0 Å². The first-order chi connectivity index (χ1) is 17.5. The molecule has 1 amide bonds. The zero-order valence-electron chi connectivity index (χ0n) is 19.7. The number of amides is 1. The maximum absolute atomic E-state index is 13.5. The zero-order valence-corrected chi connectivity index (χ0v) is 19.7. The number of nitrogens with zero attached hydrogens (tertiary/aromatic N) is 2. The summed E-state index contributed by atoms with van der Waals surface area (Å²) in [5, 5.41) is 12.1. The minimum atomic E-state index is -0.834. The Kier molecular flexibility index (Phi) is 6.71. The van der Waals surface area contributed by atoms with Crippen LogP contribution in [0.4, 0.5) is 4.39 Å². The fraction of sp³-hybridized carbons (Fsp3) is 0.241. The number of carbonyl (C=O) groups is 2. The molecule has 7 heteroatoms. The number of nitrogens with one attached hydrogen (secondary N) is 1. The molecule has 0 aliphatic heterocycles.